The van der Waals surface area contributed by atoms with Crippen molar-refractivity contribution in [1.82, 2.24) is 14.7 Å². The summed E-state index contributed by atoms with van der Waals surface area (Å²) in [6.07, 6.45) is 2.08. The monoisotopic (exact) mass is 393 g/mol. The van der Waals surface area contributed by atoms with Gasteiger partial charge in [-0.1, -0.05) is 25.1 Å². The predicted octanol–water partition coefficient (Wildman–Crippen LogP) is 3.45. The van der Waals surface area contributed by atoms with Gasteiger partial charge in [0.2, 0.25) is 10.0 Å². The first kappa shape index (κ1) is 20.1. The molecule has 8 heteroatoms. The van der Waals surface area contributed by atoms with Crippen LogP contribution in [0, 0.1) is 6.92 Å². The zero-order chi connectivity index (χ0) is 18.0. The van der Waals surface area contributed by atoms with E-state index in [1.54, 1.807) is 31.3 Å². The minimum Gasteiger partial charge on any atom is -0.504 e. The van der Waals surface area contributed by atoms with Crippen molar-refractivity contribution in [3.05, 3.63) is 59.0 Å². The fourth-order valence-corrected chi connectivity index (χ4v) is 3.93. The lowest BCUT2D eigenvalue weighted by Crippen LogP contribution is -2.26. The molecule has 26 heavy (non-hydrogen) atoms. The van der Waals surface area contributed by atoms with E-state index in [-0.39, 0.29) is 29.4 Å². The van der Waals surface area contributed by atoms with E-state index in [9.17, 15) is 13.5 Å². The number of benzene rings is 1. The van der Waals surface area contributed by atoms with Gasteiger partial charge < -0.3 is 5.11 Å². The minimum atomic E-state index is -3.94. The molecule has 0 saturated carbocycles. The molecule has 138 valence electrons. The van der Waals surface area contributed by atoms with Gasteiger partial charge in [-0.2, -0.15) is 0 Å². The number of halogens is 1. The standard InChI is InChI=1S/C17H16ClN3O3S.CH4/c1-11-5-6-13-14(18)10-15(17(22)16(13)21-11)25(23,24)20-9-7-12-4-2-3-8-19-12;/h2-6,8,10,20,22H,7,9H2,1H3;1H4. The number of pyridine rings is 2. The van der Waals surface area contributed by atoms with Crippen LogP contribution in [0.3, 0.4) is 0 Å². The van der Waals surface area contributed by atoms with Crippen LogP contribution in [0.25, 0.3) is 10.9 Å². The van der Waals surface area contributed by atoms with E-state index < -0.39 is 15.8 Å². The lowest BCUT2D eigenvalue weighted by atomic mass is 10.2. The van der Waals surface area contributed by atoms with Crippen LogP contribution < -0.4 is 4.72 Å². The zero-order valence-electron chi connectivity index (χ0n) is 13.4. The van der Waals surface area contributed by atoms with E-state index in [1.165, 1.54) is 6.07 Å². The molecule has 0 fully saturated rings. The van der Waals surface area contributed by atoms with E-state index in [0.717, 1.165) is 5.69 Å². The molecule has 0 atom stereocenters. The molecule has 3 rings (SSSR count). The van der Waals surface area contributed by atoms with Crippen LogP contribution in [0.2, 0.25) is 5.02 Å². The highest BCUT2D eigenvalue weighted by Gasteiger charge is 2.22. The molecule has 0 amide bonds. The number of aromatic nitrogens is 2. The first-order chi connectivity index (χ1) is 11.9. The Labute approximate surface area is 157 Å². The normalized spacial score (nSPS) is 11.3. The Morgan fingerprint density at radius 2 is 2.00 bits per heavy atom. The van der Waals surface area contributed by atoms with Gasteiger partial charge in [0, 0.05) is 35.9 Å². The summed E-state index contributed by atoms with van der Waals surface area (Å²) in [5, 5.41) is 11.1. The molecule has 0 aliphatic carbocycles. The molecule has 0 unspecified atom stereocenters. The second kappa shape index (κ2) is 7.99. The maximum atomic E-state index is 12.5. The Hall–Kier alpha value is -2.22. The molecule has 3 aromatic rings. The maximum absolute atomic E-state index is 12.5. The van der Waals surface area contributed by atoms with Crippen LogP contribution in [0.15, 0.2) is 47.5 Å². The molecule has 0 aliphatic rings. The number of nitrogens with one attached hydrogen (secondary N) is 1. The number of aryl methyl sites for hydroxylation is 1. The zero-order valence-corrected chi connectivity index (χ0v) is 15.0. The van der Waals surface area contributed by atoms with Crippen LogP contribution in [-0.4, -0.2) is 30.0 Å². The number of rotatable bonds is 5. The van der Waals surface area contributed by atoms with Crippen molar-refractivity contribution >= 4 is 32.5 Å². The van der Waals surface area contributed by atoms with E-state index in [4.69, 9.17) is 11.6 Å². The lowest BCUT2D eigenvalue weighted by molar-refractivity contribution is 0.463. The topological polar surface area (TPSA) is 92.2 Å². The second-order valence-corrected chi connectivity index (χ2v) is 7.67. The summed E-state index contributed by atoms with van der Waals surface area (Å²) in [5.41, 5.74) is 1.58. The fraction of sp³-hybridized carbons (Fsp3) is 0.222. The molecule has 0 radical (unpaired) electrons. The third-order valence-corrected chi connectivity index (χ3v) is 5.48. The smallest absolute Gasteiger partial charge is 0.244 e. The molecular weight excluding hydrogens is 374 g/mol. The summed E-state index contributed by atoms with van der Waals surface area (Å²) in [6, 6.07) is 10.1. The van der Waals surface area contributed by atoms with Gasteiger partial charge in [-0.15, -0.1) is 0 Å². The van der Waals surface area contributed by atoms with Gasteiger partial charge in [0.15, 0.2) is 5.75 Å². The Morgan fingerprint density at radius 1 is 1.23 bits per heavy atom. The maximum Gasteiger partial charge on any atom is 0.244 e. The SMILES string of the molecule is C.Cc1ccc2c(Cl)cc(S(=O)(=O)NCCc3ccccn3)c(O)c2n1. The Balaban J connectivity index is 0.00000243. The third kappa shape index (κ3) is 4.12. The van der Waals surface area contributed by atoms with Crippen molar-refractivity contribution in [2.45, 2.75) is 25.7 Å². The average molecular weight is 394 g/mol. The van der Waals surface area contributed by atoms with Gasteiger partial charge in [0.05, 0.1) is 5.02 Å². The van der Waals surface area contributed by atoms with Gasteiger partial charge in [-0.05, 0) is 37.3 Å². The van der Waals surface area contributed by atoms with Crippen molar-refractivity contribution in [3.8, 4) is 5.75 Å². The number of aromatic hydroxyl groups is 1. The summed E-state index contributed by atoms with van der Waals surface area (Å²) in [7, 11) is -3.94. The summed E-state index contributed by atoms with van der Waals surface area (Å²) in [5.74, 6) is -0.409. The number of phenols is 1. The van der Waals surface area contributed by atoms with Crippen molar-refractivity contribution < 1.29 is 13.5 Å². The van der Waals surface area contributed by atoms with Gasteiger partial charge >= 0.3 is 0 Å². The highest BCUT2D eigenvalue weighted by atomic mass is 35.5. The Morgan fingerprint density at radius 3 is 2.69 bits per heavy atom. The Kier molecular flexibility index (Phi) is 6.17. The molecule has 2 N–H and O–H groups in total. The second-order valence-electron chi connectivity index (χ2n) is 5.52. The first-order valence-corrected chi connectivity index (χ1v) is 9.43. The summed E-state index contributed by atoms with van der Waals surface area (Å²) in [6.45, 7) is 1.90. The molecule has 6 nitrogen and oxygen atoms in total. The van der Waals surface area contributed by atoms with E-state index in [1.807, 2.05) is 12.1 Å². The van der Waals surface area contributed by atoms with Crippen molar-refractivity contribution in [3.63, 3.8) is 0 Å². The van der Waals surface area contributed by atoms with Gasteiger partial charge in [0.25, 0.3) is 0 Å². The number of hydrogen-bond donors (Lipinski definition) is 2. The van der Waals surface area contributed by atoms with E-state index in [2.05, 4.69) is 14.7 Å². The summed E-state index contributed by atoms with van der Waals surface area (Å²) < 4.78 is 27.5. The van der Waals surface area contributed by atoms with E-state index in [0.29, 0.717) is 17.5 Å². The molecule has 2 heterocycles. The summed E-state index contributed by atoms with van der Waals surface area (Å²) >= 11 is 6.17. The largest absolute Gasteiger partial charge is 0.504 e. The molecular formula is C18H20ClN3O3S. The molecule has 0 saturated heterocycles. The highest BCUT2D eigenvalue weighted by Crippen LogP contribution is 2.35. The van der Waals surface area contributed by atoms with Crippen LogP contribution in [-0.2, 0) is 16.4 Å². The number of nitrogens with zero attached hydrogens (tertiary/aromatic N) is 2. The van der Waals surface area contributed by atoms with Crippen LogP contribution in [0.1, 0.15) is 18.8 Å². The number of hydrogen-bond acceptors (Lipinski definition) is 5. The lowest BCUT2D eigenvalue weighted by Gasteiger charge is -2.11. The van der Waals surface area contributed by atoms with Crippen LogP contribution in [0.5, 0.6) is 5.75 Å². The minimum absolute atomic E-state index is 0. The van der Waals surface area contributed by atoms with Crippen molar-refractivity contribution in [2.75, 3.05) is 6.54 Å². The number of sulfonamides is 1. The van der Waals surface area contributed by atoms with Crippen LogP contribution in [0.4, 0.5) is 0 Å². The van der Waals surface area contributed by atoms with Gasteiger partial charge in [-0.3, -0.25) is 4.98 Å². The first-order valence-electron chi connectivity index (χ1n) is 7.57. The van der Waals surface area contributed by atoms with Gasteiger partial charge in [-0.25, -0.2) is 18.1 Å². The highest BCUT2D eigenvalue weighted by molar-refractivity contribution is 7.89. The number of fused-ring (bicyclic) bond motifs is 1. The Bertz CT molecular complexity index is 1020. The predicted molar refractivity (Wildman–Crippen MR) is 103 cm³/mol. The quantitative estimate of drug-likeness (QED) is 0.692. The number of phenolic OH excluding ortho intramolecular Hbond substituents is 1. The van der Waals surface area contributed by atoms with Crippen LogP contribution >= 0.6 is 11.6 Å². The molecule has 0 aliphatic heterocycles. The van der Waals surface area contributed by atoms with E-state index >= 15 is 0 Å². The molecule has 2 aromatic heterocycles. The molecule has 0 spiro atoms. The fourth-order valence-electron chi connectivity index (χ4n) is 2.45. The molecule has 0 bridgehead atoms. The summed E-state index contributed by atoms with van der Waals surface area (Å²) in [4.78, 5) is 8.05. The molecule has 1 aromatic carbocycles. The van der Waals surface area contributed by atoms with Gasteiger partial charge in [0.1, 0.15) is 10.4 Å². The van der Waals surface area contributed by atoms with Crippen molar-refractivity contribution in [2.24, 2.45) is 0 Å². The third-order valence-electron chi connectivity index (χ3n) is 3.70. The van der Waals surface area contributed by atoms with Crippen molar-refractivity contribution in [1.29, 1.82) is 0 Å². The average Bonchev–Trinajstić information content (AvgIpc) is 2.58.